The number of nitrogens with zero attached hydrogens (tertiary/aromatic N) is 4. The summed E-state index contributed by atoms with van der Waals surface area (Å²) in [6, 6.07) is 9.83. The third-order valence-electron chi connectivity index (χ3n) is 6.17. The van der Waals surface area contributed by atoms with Crippen molar-refractivity contribution in [3.05, 3.63) is 58.8 Å². The summed E-state index contributed by atoms with van der Waals surface area (Å²) >= 11 is 1.56. The van der Waals surface area contributed by atoms with Crippen LogP contribution >= 0.6 is 11.3 Å². The Labute approximate surface area is 208 Å². The van der Waals surface area contributed by atoms with E-state index in [0.717, 1.165) is 65.3 Å². The van der Waals surface area contributed by atoms with Gasteiger partial charge >= 0.3 is 0 Å². The normalized spacial score (nSPS) is 14.7. The van der Waals surface area contributed by atoms with Gasteiger partial charge in [0.25, 0.3) is 0 Å². The number of aryl methyl sites for hydroxylation is 1. The van der Waals surface area contributed by atoms with Gasteiger partial charge in [-0.15, -0.1) is 11.3 Å². The van der Waals surface area contributed by atoms with Crippen molar-refractivity contribution in [3.8, 4) is 17.2 Å². The molecular weight excluding hydrogens is 462 g/mol. The van der Waals surface area contributed by atoms with Crippen LogP contribution < -0.4 is 19.5 Å². The lowest BCUT2D eigenvalue weighted by Crippen LogP contribution is -2.35. The third kappa shape index (κ3) is 5.47. The minimum absolute atomic E-state index is 0.144. The van der Waals surface area contributed by atoms with E-state index >= 15 is 0 Å². The minimum Gasteiger partial charge on any atom is -0.497 e. The van der Waals surface area contributed by atoms with Gasteiger partial charge in [0.2, 0.25) is 0 Å². The number of piperidine rings is 1. The summed E-state index contributed by atoms with van der Waals surface area (Å²) < 4.78 is 18.0. The van der Waals surface area contributed by atoms with Crippen molar-refractivity contribution < 1.29 is 14.2 Å². The fraction of sp³-hybridized carbons (Fsp3) is 0.346. The molecule has 0 saturated carbocycles. The number of methoxy groups -OCH3 is 1. The van der Waals surface area contributed by atoms with Gasteiger partial charge in [0.15, 0.2) is 0 Å². The van der Waals surface area contributed by atoms with E-state index in [-0.39, 0.29) is 6.10 Å². The molecule has 0 atom stereocenters. The van der Waals surface area contributed by atoms with Crippen LogP contribution in [-0.2, 0) is 6.61 Å². The summed E-state index contributed by atoms with van der Waals surface area (Å²) in [6.07, 6.45) is 3.66. The van der Waals surface area contributed by atoms with Crippen LogP contribution in [0.15, 0.2) is 47.5 Å². The van der Waals surface area contributed by atoms with Crippen LogP contribution in [0.2, 0.25) is 0 Å². The van der Waals surface area contributed by atoms with Crippen molar-refractivity contribution in [1.82, 2.24) is 19.9 Å². The Kier molecular flexibility index (Phi) is 6.96. The maximum absolute atomic E-state index is 6.50. The number of aromatic nitrogens is 3. The van der Waals surface area contributed by atoms with Gasteiger partial charge < -0.3 is 24.4 Å². The van der Waals surface area contributed by atoms with Crippen molar-refractivity contribution in [1.29, 1.82) is 0 Å². The average molecular weight is 492 g/mol. The van der Waals surface area contributed by atoms with Crippen LogP contribution in [0.5, 0.6) is 17.2 Å². The molecule has 2 aromatic carbocycles. The number of rotatable bonds is 8. The van der Waals surface area contributed by atoms with Crippen LogP contribution in [0.1, 0.15) is 24.1 Å². The van der Waals surface area contributed by atoms with Gasteiger partial charge in [0.1, 0.15) is 42.1 Å². The fourth-order valence-electron chi connectivity index (χ4n) is 4.20. The highest BCUT2D eigenvalue weighted by Gasteiger charge is 2.21. The molecular formula is C26H29N5O3S. The molecule has 0 unspecified atom stereocenters. The van der Waals surface area contributed by atoms with Gasteiger partial charge in [0, 0.05) is 36.3 Å². The van der Waals surface area contributed by atoms with E-state index in [2.05, 4.69) is 32.2 Å². The Morgan fingerprint density at radius 3 is 2.69 bits per heavy atom. The molecule has 1 fully saturated rings. The molecule has 0 aliphatic carbocycles. The zero-order chi connectivity index (χ0) is 24.2. The molecule has 182 valence electrons. The van der Waals surface area contributed by atoms with E-state index in [9.17, 15) is 0 Å². The number of anilines is 2. The molecule has 0 amide bonds. The Bertz CT molecular complexity index is 1290. The molecule has 1 saturated heterocycles. The lowest BCUT2D eigenvalue weighted by molar-refractivity contribution is 0.115. The van der Waals surface area contributed by atoms with Crippen molar-refractivity contribution >= 4 is 33.7 Å². The highest BCUT2D eigenvalue weighted by atomic mass is 32.1. The Morgan fingerprint density at radius 2 is 1.94 bits per heavy atom. The average Bonchev–Trinajstić information content (AvgIpc) is 3.38. The van der Waals surface area contributed by atoms with Gasteiger partial charge in [-0.05, 0) is 50.6 Å². The molecule has 3 heterocycles. The Hall–Kier alpha value is -3.43. The topological polar surface area (TPSA) is 81.6 Å². The standard InChI is InChI=1S/C26H29N5O3S/c1-17-10-18(4-5-23(17)33-13-19-14-35-16-29-19)30-26-25-22(27-15-28-26)11-21(32-3)12-24(25)34-20-6-8-31(2)9-7-20/h4-5,10-12,14-16,20H,6-9,13H2,1-3H3,(H,27,28,30). The first kappa shape index (κ1) is 23.3. The van der Waals surface area contributed by atoms with E-state index in [1.807, 2.05) is 48.1 Å². The summed E-state index contributed by atoms with van der Waals surface area (Å²) in [4.78, 5) is 15.6. The predicted octanol–water partition coefficient (Wildman–Crippen LogP) is 5.20. The number of fused-ring (bicyclic) bond motifs is 1. The summed E-state index contributed by atoms with van der Waals surface area (Å²) in [5.41, 5.74) is 5.43. The first-order valence-corrected chi connectivity index (χ1v) is 12.6. The lowest BCUT2D eigenvalue weighted by atomic mass is 10.1. The van der Waals surface area contributed by atoms with Crippen molar-refractivity contribution in [2.45, 2.75) is 32.5 Å². The first-order chi connectivity index (χ1) is 17.1. The quantitative estimate of drug-likeness (QED) is 0.360. The molecule has 5 rings (SSSR count). The second-order valence-electron chi connectivity index (χ2n) is 8.74. The van der Waals surface area contributed by atoms with Gasteiger partial charge in [0.05, 0.1) is 29.2 Å². The molecule has 4 aromatic rings. The molecule has 1 aliphatic rings. The van der Waals surface area contributed by atoms with E-state index in [0.29, 0.717) is 18.2 Å². The maximum Gasteiger partial charge on any atom is 0.145 e. The number of likely N-dealkylation sites (tertiary alicyclic amines) is 1. The molecule has 0 bridgehead atoms. The molecule has 2 aromatic heterocycles. The summed E-state index contributed by atoms with van der Waals surface area (Å²) in [5, 5.41) is 6.29. The van der Waals surface area contributed by atoms with Crippen molar-refractivity contribution in [2.75, 3.05) is 32.6 Å². The molecule has 1 N–H and O–H groups in total. The zero-order valence-electron chi connectivity index (χ0n) is 20.2. The monoisotopic (exact) mass is 491 g/mol. The van der Waals surface area contributed by atoms with Crippen LogP contribution in [-0.4, -0.2) is 53.2 Å². The van der Waals surface area contributed by atoms with E-state index in [1.165, 1.54) is 0 Å². The molecule has 1 aliphatic heterocycles. The Balaban J connectivity index is 1.41. The van der Waals surface area contributed by atoms with Gasteiger partial charge in [-0.1, -0.05) is 0 Å². The minimum atomic E-state index is 0.144. The second-order valence-corrected chi connectivity index (χ2v) is 9.45. The largest absolute Gasteiger partial charge is 0.497 e. The van der Waals surface area contributed by atoms with Crippen molar-refractivity contribution in [2.24, 2.45) is 0 Å². The molecule has 0 radical (unpaired) electrons. The maximum atomic E-state index is 6.50. The van der Waals surface area contributed by atoms with Crippen molar-refractivity contribution in [3.63, 3.8) is 0 Å². The molecule has 8 nitrogen and oxygen atoms in total. The number of benzene rings is 2. The van der Waals surface area contributed by atoms with Crippen LogP contribution in [0.3, 0.4) is 0 Å². The van der Waals surface area contributed by atoms with E-state index in [1.54, 1.807) is 24.8 Å². The molecule has 0 spiro atoms. The second kappa shape index (κ2) is 10.5. The van der Waals surface area contributed by atoms with Gasteiger partial charge in [-0.25, -0.2) is 15.0 Å². The van der Waals surface area contributed by atoms with Gasteiger partial charge in [-0.3, -0.25) is 0 Å². The fourth-order valence-corrected chi connectivity index (χ4v) is 4.75. The number of ether oxygens (including phenoxy) is 3. The van der Waals surface area contributed by atoms with Crippen LogP contribution in [0, 0.1) is 6.92 Å². The number of hydrogen-bond acceptors (Lipinski definition) is 9. The zero-order valence-corrected chi connectivity index (χ0v) is 21.0. The number of hydrogen-bond donors (Lipinski definition) is 1. The van der Waals surface area contributed by atoms with E-state index < -0.39 is 0 Å². The van der Waals surface area contributed by atoms with Gasteiger partial charge in [-0.2, -0.15) is 0 Å². The Morgan fingerprint density at radius 1 is 1.09 bits per heavy atom. The molecule has 9 heteroatoms. The number of thiazole rings is 1. The third-order valence-corrected chi connectivity index (χ3v) is 6.80. The summed E-state index contributed by atoms with van der Waals surface area (Å²) in [6.45, 7) is 4.51. The number of nitrogens with one attached hydrogen (secondary N) is 1. The first-order valence-electron chi connectivity index (χ1n) is 11.6. The highest BCUT2D eigenvalue weighted by Crippen LogP contribution is 2.37. The lowest BCUT2D eigenvalue weighted by Gasteiger charge is -2.29. The highest BCUT2D eigenvalue weighted by molar-refractivity contribution is 7.07. The predicted molar refractivity (Wildman–Crippen MR) is 138 cm³/mol. The summed E-state index contributed by atoms with van der Waals surface area (Å²) in [7, 11) is 3.80. The van der Waals surface area contributed by atoms with Crippen LogP contribution in [0.25, 0.3) is 10.9 Å². The SMILES string of the molecule is COc1cc(OC2CCN(C)CC2)c2c(Nc3ccc(OCc4cscn4)c(C)c3)ncnc2c1. The smallest absolute Gasteiger partial charge is 0.145 e. The van der Waals surface area contributed by atoms with Crippen LogP contribution in [0.4, 0.5) is 11.5 Å². The molecule has 35 heavy (non-hydrogen) atoms. The summed E-state index contributed by atoms with van der Waals surface area (Å²) in [5.74, 6) is 2.96. The van der Waals surface area contributed by atoms with E-state index in [4.69, 9.17) is 14.2 Å².